The lowest BCUT2D eigenvalue weighted by Gasteiger charge is -2.23. The molecule has 1 aliphatic rings. The second-order valence-corrected chi connectivity index (χ2v) is 6.95. The molecular formula is C18H16Cl2N4O4. The highest BCUT2D eigenvalue weighted by Gasteiger charge is 2.25. The molecule has 0 amide bonds. The van der Waals surface area contributed by atoms with E-state index in [4.69, 9.17) is 32.7 Å². The van der Waals surface area contributed by atoms with Gasteiger partial charge < -0.3 is 14.8 Å². The largest absolute Gasteiger partial charge is 0.446 e. The molecule has 0 spiro atoms. The maximum Gasteiger partial charge on any atom is 0.439 e. The first kappa shape index (κ1) is 18.9. The van der Waals surface area contributed by atoms with Crippen molar-refractivity contribution in [3.8, 4) is 17.3 Å². The summed E-state index contributed by atoms with van der Waals surface area (Å²) in [4.78, 5) is 18.0. The normalized spacial score (nSPS) is 19.9. The topological polar surface area (TPSA) is 102 Å². The third-order valence-corrected chi connectivity index (χ3v) is 4.97. The molecule has 4 rings (SSSR count). The highest BCUT2D eigenvalue weighted by molar-refractivity contribution is 6.42. The molecule has 10 heteroatoms. The van der Waals surface area contributed by atoms with Gasteiger partial charge in [0.2, 0.25) is 12.2 Å². The molecular weight excluding hydrogens is 407 g/mol. The van der Waals surface area contributed by atoms with E-state index in [2.05, 4.69) is 25.0 Å². The molecule has 1 aromatic carbocycles. The Balaban J connectivity index is 1.56. The van der Waals surface area contributed by atoms with Crippen LogP contribution < -0.4 is 15.8 Å². The first-order valence-electron chi connectivity index (χ1n) is 8.59. The Hall–Kier alpha value is -2.39. The number of pyridine rings is 1. The Kier molecular flexibility index (Phi) is 5.63. The summed E-state index contributed by atoms with van der Waals surface area (Å²) < 4.78 is 16.7. The third kappa shape index (κ3) is 4.20. The molecule has 8 nitrogen and oxygen atoms in total. The lowest BCUT2D eigenvalue weighted by Crippen LogP contribution is -2.31. The van der Waals surface area contributed by atoms with Gasteiger partial charge in [-0.3, -0.25) is 9.51 Å². The van der Waals surface area contributed by atoms with Crippen LogP contribution in [0, 0.1) is 0 Å². The van der Waals surface area contributed by atoms with Crippen molar-refractivity contribution in [2.45, 2.75) is 18.8 Å². The molecule has 2 unspecified atom stereocenters. The van der Waals surface area contributed by atoms with E-state index in [1.807, 2.05) is 6.07 Å². The Labute approximate surface area is 169 Å². The molecule has 1 fully saturated rings. The summed E-state index contributed by atoms with van der Waals surface area (Å²) in [5.74, 6) is -0.152. The molecule has 3 heterocycles. The van der Waals surface area contributed by atoms with E-state index in [1.54, 1.807) is 30.5 Å². The second-order valence-electron chi connectivity index (χ2n) is 6.14. The second kappa shape index (κ2) is 8.32. The van der Waals surface area contributed by atoms with E-state index < -0.39 is 12.0 Å². The highest BCUT2D eigenvalue weighted by Crippen LogP contribution is 2.31. The van der Waals surface area contributed by atoms with E-state index in [0.29, 0.717) is 22.2 Å². The van der Waals surface area contributed by atoms with Gasteiger partial charge in [0.1, 0.15) is 0 Å². The minimum absolute atomic E-state index is 0.228. The van der Waals surface area contributed by atoms with Crippen LogP contribution in [-0.2, 0) is 4.74 Å². The smallest absolute Gasteiger partial charge is 0.439 e. The molecule has 2 N–H and O–H groups in total. The summed E-state index contributed by atoms with van der Waals surface area (Å²) in [5.41, 5.74) is 1.40. The summed E-state index contributed by atoms with van der Waals surface area (Å²) in [6.07, 6.45) is 1.48. The van der Waals surface area contributed by atoms with Crippen LogP contribution in [0.2, 0.25) is 10.0 Å². The predicted octanol–water partition coefficient (Wildman–Crippen LogP) is 3.19. The fourth-order valence-corrected chi connectivity index (χ4v) is 3.22. The van der Waals surface area contributed by atoms with Crippen LogP contribution in [0.5, 0.6) is 5.88 Å². The SMILES string of the molecule is O=c1[nH]c(-c2cccnc2OC2CNCCC(c3ccc(Cl)c(Cl)c3)O2)no1. The average molecular weight is 423 g/mol. The van der Waals surface area contributed by atoms with Gasteiger partial charge in [-0.05, 0) is 42.8 Å². The third-order valence-electron chi connectivity index (χ3n) is 4.24. The van der Waals surface area contributed by atoms with E-state index in [-0.39, 0.29) is 17.8 Å². The molecule has 2 aromatic heterocycles. The van der Waals surface area contributed by atoms with Crippen LogP contribution in [0.15, 0.2) is 45.8 Å². The summed E-state index contributed by atoms with van der Waals surface area (Å²) in [6, 6.07) is 8.85. The van der Waals surface area contributed by atoms with Crippen LogP contribution in [0.3, 0.4) is 0 Å². The number of nitrogens with one attached hydrogen (secondary N) is 2. The molecule has 1 aliphatic heterocycles. The van der Waals surface area contributed by atoms with Crippen molar-refractivity contribution in [1.29, 1.82) is 0 Å². The lowest BCUT2D eigenvalue weighted by molar-refractivity contribution is -0.112. The van der Waals surface area contributed by atoms with Gasteiger partial charge in [-0.15, -0.1) is 0 Å². The summed E-state index contributed by atoms with van der Waals surface area (Å²) in [6.45, 7) is 1.21. The van der Waals surface area contributed by atoms with E-state index in [9.17, 15) is 4.79 Å². The summed E-state index contributed by atoms with van der Waals surface area (Å²) in [7, 11) is 0. The molecule has 1 saturated heterocycles. The Bertz CT molecular complexity index is 1020. The van der Waals surface area contributed by atoms with Gasteiger partial charge in [-0.2, -0.15) is 0 Å². The van der Waals surface area contributed by atoms with E-state index in [1.165, 1.54) is 0 Å². The van der Waals surface area contributed by atoms with Gasteiger partial charge >= 0.3 is 5.76 Å². The molecule has 0 aliphatic carbocycles. The lowest BCUT2D eigenvalue weighted by atomic mass is 10.1. The molecule has 0 saturated carbocycles. The van der Waals surface area contributed by atoms with Crippen molar-refractivity contribution in [3.05, 3.63) is 62.7 Å². The first-order valence-corrected chi connectivity index (χ1v) is 9.35. The summed E-state index contributed by atoms with van der Waals surface area (Å²) >= 11 is 12.1. The number of rotatable bonds is 4. The standard InChI is InChI=1S/C18H16Cl2N4O4/c19-12-4-3-10(8-13(12)20)14-5-7-21-9-15(26-14)27-17-11(2-1-6-22-17)16-23-18(25)28-24-16/h1-4,6,8,14-15,21H,5,7,9H2,(H,23,24,25). The van der Waals surface area contributed by atoms with Crippen molar-refractivity contribution in [2.24, 2.45) is 0 Å². The van der Waals surface area contributed by atoms with Crippen molar-refractivity contribution in [3.63, 3.8) is 0 Å². The number of halogens is 2. The average Bonchev–Trinajstić information content (AvgIpc) is 2.99. The zero-order valence-electron chi connectivity index (χ0n) is 14.5. The quantitative estimate of drug-likeness (QED) is 0.665. The van der Waals surface area contributed by atoms with Crippen molar-refractivity contribution >= 4 is 23.2 Å². The number of ether oxygens (including phenoxy) is 2. The zero-order valence-corrected chi connectivity index (χ0v) is 16.0. The fourth-order valence-electron chi connectivity index (χ4n) is 2.92. The molecule has 3 aromatic rings. The Morgan fingerprint density at radius 2 is 2.11 bits per heavy atom. The van der Waals surface area contributed by atoms with E-state index >= 15 is 0 Å². The first-order chi connectivity index (χ1) is 13.6. The number of aromatic nitrogens is 3. The number of nitrogens with zero attached hydrogens (tertiary/aromatic N) is 2. The molecule has 0 bridgehead atoms. The Morgan fingerprint density at radius 3 is 2.89 bits per heavy atom. The van der Waals surface area contributed by atoms with Gasteiger partial charge in [0.25, 0.3) is 0 Å². The van der Waals surface area contributed by atoms with Crippen LogP contribution in [0.4, 0.5) is 0 Å². The maximum atomic E-state index is 11.3. The molecule has 0 radical (unpaired) electrons. The fraction of sp³-hybridized carbons (Fsp3) is 0.278. The number of hydrogen-bond acceptors (Lipinski definition) is 7. The highest BCUT2D eigenvalue weighted by atomic mass is 35.5. The van der Waals surface area contributed by atoms with Gasteiger partial charge in [0.15, 0.2) is 5.82 Å². The monoisotopic (exact) mass is 422 g/mol. The van der Waals surface area contributed by atoms with Gasteiger partial charge in [0.05, 0.1) is 28.3 Å². The molecule has 2 atom stereocenters. The summed E-state index contributed by atoms with van der Waals surface area (Å²) in [5, 5.41) is 7.93. The Morgan fingerprint density at radius 1 is 1.21 bits per heavy atom. The van der Waals surface area contributed by atoms with Crippen LogP contribution in [0.1, 0.15) is 18.1 Å². The van der Waals surface area contributed by atoms with Crippen LogP contribution in [-0.4, -0.2) is 34.5 Å². The minimum Gasteiger partial charge on any atom is -0.446 e. The van der Waals surface area contributed by atoms with Crippen molar-refractivity contribution < 1.29 is 14.0 Å². The maximum absolute atomic E-state index is 11.3. The van der Waals surface area contributed by atoms with Gasteiger partial charge in [-0.1, -0.05) is 34.4 Å². The molecule has 146 valence electrons. The zero-order chi connectivity index (χ0) is 19.5. The number of H-pyrrole nitrogens is 1. The van der Waals surface area contributed by atoms with Crippen molar-refractivity contribution in [1.82, 2.24) is 20.4 Å². The van der Waals surface area contributed by atoms with E-state index in [0.717, 1.165) is 18.5 Å². The minimum atomic E-state index is -0.656. The number of hydrogen-bond donors (Lipinski definition) is 2. The van der Waals surface area contributed by atoms with Crippen molar-refractivity contribution in [2.75, 3.05) is 13.1 Å². The number of aromatic amines is 1. The van der Waals surface area contributed by atoms with Crippen LogP contribution >= 0.6 is 23.2 Å². The molecule has 28 heavy (non-hydrogen) atoms. The van der Waals surface area contributed by atoms with Gasteiger partial charge in [-0.25, -0.2) is 9.78 Å². The van der Waals surface area contributed by atoms with Crippen LogP contribution in [0.25, 0.3) is 11.4 Å². The predicted molar refractivity (Wildman–Crippen MR) is 103 cm³/mol. The number of benzene rings is 1. The van der Waals surface area contributed by atoms with Gasteiger partial charge in [0, 0.05) is 6.20 Å².